The quantitative estimate of drug-likeness (QED) is 0.230. The molecule has 1 N–H and O–H groups in total. The average molecular weight is 339 g/mol. The highest BCUT2D eigenvalue weighted by Gasteiger charge is 2.01. The minimum atomic E-state index is -0.697. The molecule has 3 nitrogen and oxygen atoms in total. The van der Waals surface area contributed by atoms with E-state index in [4.69, 9.17) is 5.11 Å². The summed E-state index contributed by atoms with van der Waals surface area (Å²) in [7, 11) is 0. The Kier molecular flexibility index (Phi) is 17.4. The van der Waals surface area contributed by atoms with Crippen LogP contribution in [0.1, 0.15) is 116 Å². The first-order valence-electron chi connectivity index (χ1n) is 10.1. The highest BCUT2D eigenvalue weighted by molar-refractivity contribution is 5.66. The molecule has 0 aliphatic heterocycles. The number of allylic oxidation sites excluding steroid dienone is 1. The van der Waals surface area contributed by atoms with Gasteiger partial charge in [0.15, 0.2) is 0 Å². The minimum Gasteiger partial charge on any atom is -0.481 e. The second-order valence-electron chi connectivity index (χ2n) is 6.95. The van der Waals surface area contributed by atoms with E-state index in [-0.39, 0.29) is 6.42 Å². The molecule has 0 rings (SSSR count). The molecule has 0 unspecified atom stereocenters. The zero-order chi connectivity index (χ0) is 17.9. The number of carbonyl (C=O) groups is 1. The van der Waals surface area contributed by atoms with Crippen molar-refractivity contribution in [2.24, 2.45) is 0 Å². The van der Waals surface area contributed by atoms with E-state index in [1.54, 1.807) is 0 Å². The third-order valence-electron chi connectivity index (χ3n) is 4.60. The van der Waals surface area contributed by atoms with Gasteiger partial charge in [-0.1, -0.05) is 77.6 Å². The van der Waals surface area contributed by atoms with Crippen molar-refractivity contribution in [2.45, 2.75) is 116 Å². The number of carbonyl (C=O) groups excluding carboxylic acids is 1. The molecule has 0 spiro atoms. The van der Waals surface area contributed by atoms with Gasteiger partial charge in [-0.3, -0.25) is 4.79 Å². The molecule has 0 aromatic rings. The summed E-state index contributed by atoms with van der Waals surface area (Å²) in [6, 6.07) is 0. The van der Waals surface area contributed by atoms with Gasteiger partial charge in [0.1, 0.15) is 5.94 Å². The van der Waals surface area contributed by atoms with E-state index in [9.17, 15) is 9.59 Å². The third-order valence-corrected chi connectivity index (χ3v) is 4.60. The van der Waals surface area contributed by atoms with Crippen molar-refractivity contribution in [2.75, 3.05) is 0 Å². The molecule has 3 heteroatoms. The first-order chi connectivity index (χ1) is 11.7. The van der Waals surface area contributed by atoms with Gasteiger partial charge in [0, 0.05) is 12.0 Å². The van der Waals surface area contributed by atoms with Gasteiger partial charge in [-0.25, -0.2) is 4.79 Å². The lowest BCUT2D eigenvalue weighted by Crippen LogP contribution is -1.93. The highest BCUT2D eigenvalue weighted by Crippen LogP contribution is 2.17. The largest absolute Gasteiger partial charge is 0.481 e. The summed E-state index contributed by atoms with van der Waals surface area (Å²) in [6.45, 7) is 2.24. The minimum absolute atomic E-state index is 0.288. The van der Waals surface area contributed by atoms with Gasteiger partial charge in [0.25, 0.3) is 0 Å². The van der Waals surface area contributed by atoms with Crippen LogP contribution in [0.3, 0.4) is 0 Å². The summed E-state index contributed by atoms with van der Waals surface area (Å²) < 4.78 is 0. The topological polar surface area (TPSA) is 54.4 Å². The van der Waals surface area contributed by atoms with Crippen molar-refractivity contribution >= 4 is 11.9 Å². The Morgan fingerprint density at radius 1 is 0.667 bits per heavy atom. The zero-order valence-corrected chi connectivity index (χ0v) is 15.8. The maximum atomic E-state index is 11.0. The molecule has 0 heterocycles. The first-order valence-corrected chi connectivity index (χ1v) is 10.1. The van der Waals surface area contributed by atoms with Gasteiger partial charge in [0.2, 0.25) is 0 Å². The molecule has 0 bridgehead atoms. The first kappa shape index (κ1) is 22.9. The summed E-state index contributed by atoms with van der Waals surface area (Å²) in [4.78, 5) is 21.4. The Labute approximate surface area is 148 Å². The second-order valence-corrected chi connectivity index (χ2v) is 6.95. The lowest BCUT2D eigenvalue weighted by molar-refractivity contribution is -0.137. The predicted molar refractivity (Wildman–Crippen MR) is 101 cm³/mol. The molecule has 0 amide bonds. The van der Waals surface area contributed by atoms with E-state index in [0.29, 0.717) is 0 Å². The maximum absolute atomic E-state index is 11.0. The molecule has 0 aromatic carbocycles. The number of rotatable bonds is 18. The predicted octanol–water partition coefficient (Wildman–Crippen LogP) is 6.48. The van der Waals surface area contributed by atoms with Crippen molar-refractivity contribution in [1.82, 2.24) is 0 Å². The Hall–Kier alpha value is -1.08. The molecule has 24 heavy (non-hydrogen) atoms. The molecule has 0 atom stereocenters. The van der Waals surface area contributed by atoms with Gasteiger partial charge in [-0.05, 0) is 32.1 Å². The lowest BCUT2D eigenvalue weighted by Gasteiger charge is -2.05. The maximum Gasteiger partial charge on any atom is 0.303 e. The van der Waals surface area contributed by atoms with Crippen molar-refractivity contribution in [3.8, 4) is 0 Å². The molecule has 0 aliphatic rings. The number of aliphatic carboxylic acids is 1. The molecular weight excluding hydrogens is 300 g/mol. The molecule has 0 radical (unpaired) electrons. The molecule has 140 valence electrons. The standard InChI is InChI=1S/C21H38O3/c1-2-3-4-5-6-7-10-13-16-20(19-22)17-14-11-8-9-12-15-18-21(23)24/h2-18H2,1H3,(H,23,24). The summed E-state index contributed by atoms with van der Waals surface area (Å²) in [5, 5.41) is 8.56. The van der Waals surface area contributed by atoms with Gasteiger partial charge in [-0.15, -0.1) is 0 Å². The molecule has 0 aliphatic carbocycles. The molecular formula is C21H38O3. The zero-order valence-electron chi connectivity index (χ0n) is 15.8. The Morgan fingerprint density at radius 3 is 1.42 bits per heavy atom. The number of hydrogen-bond acceptors (Lipinski definition) is 2. The molecule has 0 saturated heterocycles. The summed E-state index contributed by atoms with van der Waals surface area (Å²) in [6.07, 6.45) is 18.7. The summed E-state index contributed by atoms with van der Waals surface area (Å²) in [5.41, 5.74) is 0.965. The Morgan fingerprint density at radius 2 is 1.04 bits per heavy atom. The van der Waals surface area contributed by atoms with Crippen LogP contribution in [0, 0.1) is 0 Å². The number of carboxylic acids is 1. The normalized spacial score (nSPS) is 10.5. The molecule has 0 aromatic heterocycles. The van der Waals surface area contributed by atoms with Gasteiger partial charge in [-0.2, -0.15) is 0 Å². The summed E-state index contributed by atoms with van der Waals surface area (Å²) in [5.74, 6) is 1.45. The van der Waals surface area contributed by atoms with Crippen LogP contribution in [-0.4, -0.2) is 17.0 Å². The number of carboxylic acid groups (broad SMARTS) is 1. The van der Waals surface area contributed by atoms with Crippen molar-refractivity contribution in [3.05, 3.63) is 5.57 Å². The fourth-order valence-electron chi connectivity index (χ4n) is 3.02. The Balaban J connectivity index is 3.38. The van der Waals surface area contributed by atoms with Crippen molar-refractivity contribution in [3.63, 3.8) is 0 Å². The van der Waals surface area contributed by atoms with Crippen LogP contribution < -0.4 is 0 Å². The number of hydrogen-bond donors (Lipinski definition) is 1. The van der Waals surface area contributed by atoms with Gasteiger partial charge in [0.05, 0.1) is 0 Å². The van der Waals surface area contributed by atoms with Crippen LogP contribution in [0.15, 0.2) is 5.57 Å². The third kappa shape index (κ3) is 17.3. The molecule has 0 saturated carbocycles. The van der Waals surface area contributed by atoms with Crippen molar-refractivity contribution < 1.29 is 14.7 Å². The molecule has 0 fully saturated rings. The van der Waals surface area contributed by atoms with E-state index in [1.807, 2.05) is 0 Å². The van der Waals surface area contributed by atoms with E-state index in [0.717, 1.165) is 63.4 Å². The Bertz CT molecular complexity index is 343. The average Bonchev–Trinajstić information content (AvgIpc) is 2.57. The van der Waals surface area contributed by atoms with Crippen LogP contribution in [-0.2, 0) is 9.59 Å². The smallest absolute Gasteiger partial charge is 0.303 e. The SMILES string of the molecule is CCCCCCCCCCC(=C=O)CCCCCCCCC(=O)O. The highest BCUT2D eigenvalue weighted by atomic mass is 16.4. The number of unbranched alkanes of at least 4 members (excludes halogenated alkanes) is 12. The van der Waals surface area contributed by atoms with E-state index in [2.05, 4.69) is 12.9 Å². The van der Waals surface area contributed by atoms with Crippen LogP contribution in [0.2, 0.25) is 0 Å². The van der Waals surface area contributed by atoms with Crippen molar-refractivity contribution in [1.29, 1.82) is 0 Å². The van der Waals surface area contributed by atoms with E-state index < -0.39 is 5.97 Å². The second kappa shape index (κ2) is 18.3. The fourth-order valence-corrected chi connectivity index (χ4v) is 3.02. The van der Waals surface area contributed by atoms with Crippen LogP contribution in [0.25, 0.3) is 0 Å². The lowest BCUT2D eigenvalue weighted by atomic mass is 10.0. The van der Waals surface area contributed by atoms with E-state index >= 15 is 0 Å². The monoisotopic (exact) mass is 338 g/mol. The van der Waals surface area contributed by atoms with Gasteiger partial charge < -0.3 is 5.11 Å². The van der Waals surface area contributed by atoms with E-state index in [1.165, 1.54) is 44.9 Å². The van der Waals surface area contributed by atoms with Gasteiger partial charge >= 0.3 is 5.97 Å². The van der Waals surface area contributed by atoms with Crippen LogP contribution >= 0.6 is 0 Å². The fraction of sp³-hybridized carbons (Fsp3) is 0.857. The summed E-state index contributed by atoms with van der Waals surface area (Å²) >= 11 is 0. The van der Waals surface area contributed by atoms with Crippen LogP contribution in [0.5, 0.6) is 0 Å². The van der Waals surface area contributed by atoms with Crippen LogP contribution in [0.4, 0.5) is 0 Å².